The molecule has 0 aliphatic heterocycles. The quantitative estimate of drug-likeness (QED) is 0.927. The van der Waals surface area contributed by atoms with Crippen molar-refractivity contribution in [3.8, 4) is 5.82 Å². The third kappa shape index (κ3) is 2.62. The van der Waals surface area contributed by atoms with Crippen molar-refractivity contribution in [1.29, 1.82) is 0 Å². The molecule has 8 heteroatoms. The number of carbonyl (C=O) groups excluding carboxylic acids is 1. The van der Waals surface area contributed by atoms with Crippen LogP contribution in [-0.2, 0) is 6.18 Å². The maximum absolute atomic E-state index is 12.5. The summed E-state index contributed by atoms with van der Waals surface area (Å²) in [4.78, 5) is 15.3. The zero-order chi connectivity index (χ0) is 14.9. The van der Waals surface area contributed by atoms with E-state index in [4.69, 9.17) is 11.6 Å². The molecule has 0 atom stereocenters. The van der Waals surface area contributed by atoms with Crippen LogP contribution in [0.25, 0.3) is 5.82 Å². The van der Waals surface area contributed by atoms with E-state index >= 15 is 0 Å². The predicted molar refractivity (Wildman–Crippen MR) is 67.0 cm³/mol. The van der Waals surface area contributed by atoms with Crippen LogP contribution in [0, 0.1) is 0 Å². The van der Waals surface area contributed by atoms with E-state index < -0.39 is 17.6 Å². The van der Waals surface area contributed by atoms with Gasteiger partial charge in [-0.05, 0) is 18.2 Å². The number of hydrogen-bond donors (Lipinski definition) is 1. The molecule has 0 saturated heterocycles. The lowest BCUT2D eigenvalue weighted by molar-refractivity contribution is -0.137. The lowest BCUT2D eigenvalue weighted by Crippen LogP contribution is -2.21. The standard InChI is InChI=1S/C12H9ClF3N3O/c1-17-11(20)9-3-2-4-19(9)10-8(13)5-7(6-18-10)12(14,15)16/h2-6H,1H3,(H,17,20). The lowest BCUT2D eigenvalue weighted by atomic mass is 10.2. The Hall–Kier alpha value is -2.02. The number of carbonyl (C=O) groups is 1. The Morgan fingerprint density at radius 2 is 2.15 bits per heavy atom. The molecule has 4 nitrogen and oxygen atoms in total. The van der Waals surface area contributed by atoms with Crippen molar-refractivity contribution in [3.63, 3.8) is 0 Å². The molecule has 2 rings (SSSR count). The molecule has 0 unspecified atom stereocenters. The van der Waals surface area contributed by atoms with Gasteiger partial charge in [-0.15, -0.1) is 0 Å². The highest BCUT2D eigenvalue weighted by molar-refractivity contribution is 6.32. The molecule has 20 heavy (non-hydrogen) atoms. The molecule has 0 aliphatic carbocycles. The van der Waals surface area contributed by atoms with Gasteiger partial charge in [-0.3, -0.25) is 9.36 Å². The minimum atomic E-state index is -4.52. The number of nitrogens with one attached hydrogen (secondary N) is 1. The van der Waals surface area contributed by atoms with Crippen molar-refractivity contribution in [2.45, 2.75) is 6.18 Å². The molecular weight excluding hydrogens is 295 g/mol. The highest BCUT2D eigenvalue weighted by Crippen LogP contribution is 2.32. The van der Waals surface area contributed by atoms with Gasteiger partial charge in [0, 0.05) is 19.4 Å². The maximum Gasteiger partial charge on any atom is 0.417 e. The smallest absolute Gasteiger partial charge is 0.354 e. The third-order valence-electron chi connectivity index (χ3n) is 2.59. The highest BCUT2D eigenvalue weighted by atomic mass is 35.5. The second-order valence-electron chi connectivity index (χ2n) is 3.87. The van der Waals surface area contributed by atoms with Gasteiger partial charge in [-0.2, -0.15) is 13.2 Å². The van der Waals surface area contributed by atoms with Crippen LogP contribution >= 0.6 is 11.6 Å². The summed E-state index contributed by atoms with van der Waals surface area (Å²) < 4.78 is 38.9. The number of pyridine rings is 1. The molecule has 2 aromatic rings. The fourth-order valence-corrected chi connectivity index (χ4v) is 1.90. The summed E-state index contributed by atoms with van der Waals surface area (Å²) >= 11 is 5.83. The average molecular weight is 304 g/mol. The second-order valence-corrected chi connectivity index (χ2v) is 4.28. The summed E-state index contributed by atoms with van der Waals surface area (Å²) in [5.74, 6) is -0.337. The van der Waals surface area contributed by atoms with Crippen LogP contribution in [0.5, 0.6) is 0 Å². The summed E-state index contributed by atoms with van der Waals surface area (Å²) in [6.07, 6.45) is -2.35. The number of rotatable bonds is 2. The van der Waals surface area contributed by atoms with Crippen LogP contribution in [0.1, 0.15) is 16.1 Å². The van der Waals surface area contributed by atoms with Gasteiger partial charge in [0.05, 0.1) is 10.6 Å². The van der Waals surface area contributed by atoms with Gasteiger partial charge in [0.25, 0.3) is 5.91 Å². The molecule has 0 radical (unpaired) electrons. The molecule has 0 fully saturated rings. The van der Waals surface area contributed by atoms with Crippen LogP contribution in [0.4, 0.5) is 13.2 Å². The number of alkyl halides is 3. The van der Waals surface area contributed by atoms with Crippen molar-refractivity contribution in [1.82, 2.24) is 14.9 Å². The van der Waals surface area contributed by atoms with E-state index in [1.54, 1.807) is 6.07 Å². The summed E-state index contributed by atoms with van der Waals surface area (Å²) in [5, 5.41) is 2.23. The normalized spacial score (nSPS) is 11.4. The van der Waals surface area contributed by atoms with Gasteiger partial charge in [0.1, 0.15) is 5.69 Å². The molecule has 106 valence electrons. The fourth-order valence-electron chi connectivity index (χ4n) is 1.64. The van der Waals surface area contributed by atoms with E-state index in [1.165, 1.54) is 23.9 Å². The van der Waals surface area contributed by atoms with Gasteiger partial charge in [-0.25, -0.2) is 4.98 Å². The molecule has 0 spiro atoms. The predicted octanol–water partition coefficient (Wildman–Crippen LogP) is 2.90. The molecule has 0 saturated carbocycles. The van der Waals surface area contributed by atoms with E-state index in [-0.39, 0.29) is 16.5 Å². The number of nitrogens with zero attached hydrogens (tertiary/aromatic N) is 2. The molecule has 2 aromatic heterocycles. The van der Waals surface area contributed by atoms with E-state index in [1.807, 2.05) is 0 Å². The summed E-state index contributed by atoms with van der Waals surface area (Å²) in [6.45, 7) is 0. The third-order valence-corrected chi connectivity index (χ3v) is 2.86. The Morgan fingerprint density at radius 1 is 1.45 bits per heavy atom. The van der Waals surface area contributed by atoms with Gasteiger partial charge in [0.15, 0.2) is 5.82 Å². The minimum absolute atomic E-state index is 0.0586. The molecule has 2 heterocycles. The Balaban J connectivity index is 2.50. The molecule has 1 N–H and O–H groups in total. The van der Waals surface area contributed by atoms with E-state index in [0.29, 0.717) is 6.20 Å². The largest absolute Gasteiger partial charge is 0.417 e. The monoisotopic (exact) mass is 303 g/mol. The number of aromatic nitrogens is 2. The minimum Gasteiger partial charge on any atom is -0.354 e. The first-order chi connectivity index (χ1) is 9.34. The lowest BCUT2D eigenvalue weighted by Gasteiger charge is -2.11. The second kappa shape index (κ2) is 5.16. The Morgan fingerprint density at radius 3 is 2.70 bits per heavy atom. The molecule has 1 amide bonds. The van der Waals surface area contributed by atoms with Crippen LogP contribution in [0.3, 0.4) is 0 Å². The Labute approximate surface area is 117 Å². The van der Waals surface area contributed by atoms with E-state index in [9.17, 15) is 18.0 Å². The van der Waals surface area contributed by atoms with Crippen LogP contribution in [0.15, 0.2) is 30.6 Å². The summed E-state index contributed by atoms with van der Waals surface area (Å²) in [6, 6.07) is 3.85. The number of hydrogen-bond acceptors (Lipinski definition) is 2. The van der Waals surface area contributed by atoms with Crippen molar-refractivity contribution < 1.29 is 18.0 Å². The molecule has 0 aliphatic rings. The SMILES string of the molecule is CNC(=O)c1cccn1-c1ncc(C(F)(F)F)cc1Cl. The zero-order valence-electron chi connectivity index (χ0n) is 10.2. The van der Waals surface area contributed by atoms with E-state index in [2.05, 4.69) is 10.3 Å². The molecular formula is C12H9ClF3N3O. The van der Waals surface area contributed by atoms with E-state index in [0.717, 1.165) is 6.07 Å². The first-order valence-corrected chi connectivity index (χ1v) is 5.85. The van der Waals surface area contributed by atoms with Gasteiger partial charge >= 0.3 is 6.18 Å². The summed E-state index contributed by atoms with van der Waals surface area (Å²) in [7, 11) is 1.45. The fraction of sp³-hybridized carbons (Fsp3) is 0.167. The first kappa shape index (κ1) is 14.4. The highest BCUT2D eigenvalue weighted by Gasteiger charge is 2.31. The maximum atomic E-state index is 12.5. The van der Waals surface area contributed by atoms with Crippen molar-refractivity contribution >= 4 is 17.5 Å². The average Bonchev–Trinajstić information content (AvgIpc) is 2.85. The van der Waals surface area contributed by atoms with Crippen LogP contribution < -0.4 is 5.32 Å². The van der Waals surface area contributed by atoms with Crippen LogP contribution in [-0.4, -0.2) is 22.5 Å². The molecule has 0 bridgehead atoms. The molecule has 0 aromatic carbocycles. The van der Waals surface area contributed by atoms with Crippen LogP contribution in [0.2, 0.25) is 5.02 Å². The number of amides is 1. The Kier molecular flexibility index (Phi) is 3.71. The first-order valence-electron chi connectivity index (χ1n) is 5.47. The summed E-state index contributed by atoms with van der Waals surface area (Å²) in [5.41, 5.74) is -0.721. The number of halogens is 4. The van der Waals surface area contributed by atoms with Gasteiger partial charge < -0.3 is 5.32 Å². The van der Waals surface area contributed by atoms with Crippen molar-refractivity contribution in [2.24, 2.45) is 0 Å². The van der Waals surface area contributed by atoms with Crippen molar-refractivity contribution in [2.75, 3.05) is 7.05 Å². The van der Waals surface area contributed by atoms with Crippen molar-refractivity contribution in [3.05, 3.63) is 46.9 Å². The van der Waals surface area contributed by atoms with Gasteiger partial charge in [-0.1, -0.05) is 11.6 Å². The van der Waals surface area contributed by atoms with Gasteiger partial charge in [0.2, 0.25) is 0 Å². The Bertz CT molecular complexity index is 652. The zero-order valence-corrected chi connectivity index (χ0v) is 11.0. The topological polar surface area (TPSA) is 46.9 Å².